The van der Waals surface area contributed by atoms with Crippen molar-refractivity contribution < 1.29 is 14.8 Å². The number of carbonyl (C=O) groups is 1. The molecule has 0 amide bonds. The third-order valence-corrected chi connectivity index (χ3v) is 9.23. The molecule has 1 heterocycles. The average molecular weight is 560 g/mol. The number of para-hydroxylation sites is 2. The molecule has 0 aromatic heterocycles. The van der Waals surface area contributed by atoms with Gasteiger partial charge in [0.1, 0.15) is 0 Å². The minimum absolute atomic E-state index is 0.0708. The van der Waals surface area contributed by atoms with E-state index in [9.17, 15) is 20.0 Å². The van der Waals surface area contributed by atoms with E-state index in [0.717, 1.165) is 22.0 Å². The van der Waals surface area contributed by atoms with Crippen LogP contribution in [0, 0.1) is 16.0 Å². The van der Waals surface area contributed by atoms with Gasteiger partial charge < -0.3 is 10.4 Å². The summed E-state index contributed by atoms with van der Waals surface area (Å²) < 4.78 is 0.937. The first kappa shape index (κ1) is 23.2. The molecule has 0 saturated heterocycles. The molecule has 1 aliphatic carbocycles. The highest BCUT2D eigenvalue weighted by atomic mass is 79.9. The Morgan fingerprint density at radius 3 is 2.65 bits per heavy atom. The molecular formula is C25H20BrClN2O4S. The second-order valence-electron chi connectivity index (χ2n) is 8.50. The Kier molecular flexibility index (Phi) is 6.31. The summed E-state index contributed by atoms with van der Waals surface area (Å²) in [5.74, 6) is -0.999. The second-order valence-corrected chi connectivity index (χ2v) is 11.2. The third-order valence-electron chi connectivity index (χ3n) is 6.63. The summed E-state index contributed by atoms with van der Waals surface area (Å²) in [6.07, 6.45) is 0.733. The SMILES string of the molecule is O=C(O)c1cccc2c1N[C@H](c1cccc(Br)c1)[C@@H]1C[C@H](Sc3ccccc3[N+](=O)[O-])[C@@H](Cl)[C@@H]21. The average Bonchev–Trinajstić information content (AvgIpc) is 3.14. The molecule has 2 aliphatic rings. The van der Waals surface area contributed by atoms with Crippen molar-refractivity contribution in [3.05, 3.63) is 98.0 Å². The van der Waals surface area contributed by atoms with Gasteiger partial charge in [-0.15, -0.1) is 23.4 Å². The van der Waals surface area contributed by atoms with Gasteiger partial charge in [-0.3, -0.25) is 10.1 Å². The number of hydrogen-bond donors (Lipinski definition) is 2. The van der Waals surface area contributed by atoms with Crippen molar-refractivity contribution in [3.8, 4) is 0 Å². The number of carboxylic acid groups (broad SMARTS) is 1. The minimum atomic E-state index is -0.995. The lowest BCUT2D eigenvalue weighted by Crippen LogP contribution is -2.32. The number of rotatable bonds is 5. The van der Waals surface area contributed by atoms with Gasteiger partial charge >= 0.3 is 5.97 Å². The van der Waals surface area contributed by atoms with Crippen molar-refractivity contribution >= 4 is 56.6 Å². The van der Waals surface area contributed by atoms with Gasteiger partial charge in [0.25, 0.3) is 5.69 Å². The van der Waals surface area contributed by atoms with Gasteiger partial charge in [0.05, 0.1) is 32.5 Å². The molecule has 0 radical (unpaired) electrons. The maximum Gasteiger partial charge on any atom is 0.337 e. The molecule has 2 N–H and O–H groups in total. The number of nitrogens with zero attached hydrogens (tertiary/aromatic N) is 1. The third kappa shape index (κ3) is 4.08. The summed E-state index contributed by atoms with van der Waals surface area (Å²) in [7, 11) is 0. The summed E-state index contributed by atoms with van der Waals surface area (Å²) in [4.78, 5) is 23.8. The number of nitro groups is 1. The number of aromatic carboxylic acids is 1. The minimum Gasteiger partial charge on any atom is -0.478 e. The van der Waals surface area contributed by atoms with Gasteiger partial charge in [0, 0.05) is 21.7 Å². The maximum absolute atomic E-state index is 12.0. The number of halogens is 2. The van der Waals surface area contributed by atoms with Crippen molar-refractivity contribution in [1.82, 2.24) is 0 Å². The number of hydrogen-bond acceptors (Lipinski definition) is 5. The zero-order valence-corrected chi connectivity index (χ0v) is 20.9. The van der Waals surface area contributed by atoms with E-state index in [0.29, 0.717) is 10.6 Å². The fourth-order valence-electron chi connectivity index (χ4n) is 5.22. The number of thioether (sulfide) groups is 1. The van der Waals surface area contributed by atoms with E-state index >= 15 is 0 Å². The van der Waals surface area contributed by atoms with Crippen LogP contribution in [-0.2, 0) is 0 Å². The molecule has 3 aromatic rings. The normalized spacial score (nSPS) is 25.2. The van der Waals surface area contributed by atoms with Crippen molar-refractivity contribution in [3.63, 3.8) is 0 Å². The van der Waals surface area contributed by atoms with Crippen LogP contribution in [0.15, 0.2) is 76.1 Å². The predicted octanol–water partition coefficient (Wildman–Crippen LogP) is 7.09. The first-order valence-electron chi connectivity index (χ1n) is 10.8. The van der Waals surface area contributed by atoms with E-state index in [1.165, 1.54) is 17.8 Å². The van der Waals surface area contributed by atoms with Crippen LogP contribution in [-0.4, -0.2) is 26.6 Å². The van der Waals surface area contributed by atoms with Gasteiger partial charge in [-0.25, -0.2) is 4.79 Å². The zero-order chi connectivity index (χ0) is 24.0. The van der Waals surface area contributed by atoms with Crippen LogP contribution in [0.5, 0.6) is 0 Å². The summed E-state index contributed by atoms with van der Waals surface area (Å²) in [6.45, 7) is 0. The molecule has 174 valence electrons. The lowest BCUT2D eigenvalue weighted by atomic mass is 9.76. The molecule has 1 saturated carbocycles. The fraction of sp³-hybridized carbons (Fsp3) is 0.240. The maximum atomic E-state index is 12.0. The lowest BCUT2D eigenvalue weighted by Gasteiger charge is -2.39. The Hall–Kier alpha value is -2.55. The Labute approximate surface area is 214 Å². The smallest absolute Gasteiger partial charge is 0.337 e. The highest BCUT2D eigenvalue weighted by Gasteiger charge is 2.51. The van der Waals surface area contributed by atoms with E-state index in [1.807, 2.05) is 30.3 Å². The van der Waals surface area contributed by atoms with Gasteiger partial charge in [-0.05, 0) is 47.7 Å². The largest absolute Gasteiger partial charge is 0.478 e. The van der Waals surface area contributed by atoms with E-state index in [2.05, 4.69) is 21.2 Å². The Morgan fingerprint density at radius 2 is 1.91 bits per heavy atom. The van der Waals surface area contributed by atoms with Crippen LogP contribution in [0.4, 0.5) is 11.4 Å². The molecule has 1 fully saturated rings. The number of anilines is 1. The number of nitro benzene ring substituents is 1. The van der Waals surface area contributed by atoms with Gasteiger partial charge in [-0.2, -0.15) is 0 Å². The molecule has 3 aromatic carbocycles. The monoisotopic (exact) mass is 558 g/mol. The summed E-state index contributed by atoms with van der Waals surface area (Å²) >= 11 is 12.1. The molecule has 0 unspecified atom stereocenters. The summed E-state index contributed by atoms with van der Waals surface area (Å²) in [5, 5.41) is 24.5. The van der Waals surface area contributed by atoms with Crippen LogP contribution in [0.3, 0.4) is 0 Å². The van der Waals surface area contributed by atoms with E-state index in [1.54, 1.807) is 30.3 Å². The number of alkyl halides is 1. The van der Waals surface area contributed by atoms with Gasteiger partial charge in [0.15, 0.2) is 0 Å². The van der Waals surface area contributed by atoms with E-state index < -0.39 is 5.97 Å². The fourth-order valence-corrected chi connectivity index (χ4v) is 7.58. The van der Waals surface area contributed by atoms with Crippen molar-refractivity contribution in [1.29, 1.82) is 0 Å². The van der Waals surface area contributed by atoms with Gasteiger partial charge in [-0.1, -0.05) is 52.3 Å². The Morgan fingerprint density at radius 1 is 1.15 bits per heavy atom. The van der Waals surface area contributed by atoms with E-state index in [-0.39, 0.29) is 44.7 Å². The standard InChI is InChI=1S/C25H20BrClN2O4S/c26-14-6-3-5-13(11-14)23-17-12-20(34-19-10-2-1-9-18(19)29(32)33)22(27)21(17)15-7-4-8-16(25(30)31)24(15)28-23/h1-11,17,20-23,28H,12H2,(H,30,31)/t17-,20+,21+,22-,23-/m1/s1. The predicted molar refractivity (Wildman–Crippen MR) is 137 cm³/mol. The number of fused-ring (bicyclic) bond motifs is 3. The first-order valence-corrected chi connectivity index (χ1v) is 12.9. The molecule has 9 heteroatoms. The molecule has 0 spiro atoms. The molecule has 0 bridgehead atoms. The number of benzene rings is 3. The van der Waals surface area contributed by atoms with E-state index in [4.69, 9.17) is 11.6 Å². The van der Waals surface area contributed by atoms with Crippen LogP contribution in [0.1, 0.15) is 39.9 Å². The van der Waals surface area contributed by atoms with Crippen LogP contribution in [0.2, 0.25) is 0 Å². The van der Waals surface area contributed by atoms with Crippen LogP contribution in [0.25, 0.3) is 0 Å². The molecule has 6 nitrogen and oxygen atoms in total. The van der Waals surface area contributed by atoms with Crippen LogP contribution < -0.4 is 5.32 Å². The number of carboxylic acids is 1. The highest BCUT2D eigenvalue weighted by Crippen LogP contribution is 2.58. The molecule has 5 atom stereocenters. The lowest BCUT2D eigenvalue weighted by molar-refractivity contribution is -0.387. The van der Waals surface area contributed by atoms with Crippen LogP contribution >= 0.6 is 39.3 Å². The van der Waals surface area contributed by atoms with Crippen molar-refractivity contribution in [2.45, 2.75) is 33.9 Å². The quantitative estimate of drug-likeness (QED) is 0.197. The zero-order valence-electron chi connectivity index (χ0n) is 17.7. The Bertz CT molecular complexity index is 1290. The van der Waals surface area contributed by atoms with Crippen molar-refractivity contribution in [2.24, 2.45) is 5.92 Å². The Balaban J connectivity index is 1.58. The molecule has 34 heavy (non-hydrogen) atoms. The highest BCUT2D eigenvalue weighted by molar-refractivity contribution is 9.10. The molecular weight excluding hydrogens is 540 g/mol. The topological polar surface area (TPSA) is 92.5 Å². The second kappa shape index (κ2) is 9.24. The molecule has 1 aliphatic heterocycles. The van der Waals surface area contributed by atoms with Crippen molar-refractivity contribution in [2.75, 3.05) is 5.32 Å². The number of nitrogens with one attached hydrogen (secondary N) is 1. The molecule has 5 rings (SSSR count). The van der Waals surface area contributed by atoms with Gasteiger partial charge in [0.2, 0.25) is 0 Å². The summed E-state index contributed by atoms with van der Waals surface area (Å²) in [5.41, 5.74) is 2.82. The first-order chi connectivity index (χ1) is 16.3. The summed E-state index contributed by atoms with van der Waals surface area (Å²) in [6, 6.07) is 19.8.